The molecule has 2 rings (SSSR count). The van der Waals surface area contributed by atoms with E-state index < -0.39 is 0 Å². The summed E-state index contributed by atoms with van der Waals surface area (Å²) < 4.78 is 0. The van der Waals surface area contributed by atoms with Crippen molar-refractivity contribution in [1.82, 2.24) is 9.97 Å². The van der Waals surface area contributed by atoms with Crippen LogP contribution >= 0.6 is 0 Å². The molecule has 1 aromatic heterocycles. The van der Waals surface area contributed by atoms with Crippen LogP contribution in [0.1, 0.15) is 0 Å². The number of rotatable bonds is 4. The number of H-pyrrole nitrogens is 2. The number of hydrogen-bond donors (Lipinski definition) is 4. The van der Waals surface area contributed by atoms with Gasteiger partial charge < -0.3 is 25.1 Å². The molecule has 6 nitrogen and oxygen atoms in total. The second-order valence-electron chi connectivity index (χ2n) is 3.94. The van der Waals surface area contributed by atoms with E-state index in [-0.39, 0.29) is 24.9 Å². The van der Waals surface area contributed by atoms with E-state index in [1.54, 1.807) is 24.1 Å². The Labute approximate surface area is 97.5 Å². The largest absolute Gasteiger partial charge is 0.394 e. The van der Waals surface area contributed by atoms with Crippen LogP contribution in [0.5, 0.6) is 0 Å². The number of anilines is 1. The number of aliphatic hydroxyl groups excluding tert-OH is 2. The summed E-state index contributed by atoms with van der Waals surface area (Å²) in [5, 5.41) is 18.2. The van der Waals surface area contributed by atoms with Gasteiger partial charge in [-0.25, -0.2) is 4.79 Å². The monoisotopic (exact) mass is 237 g/mol. The Morgan fingerprint density at radius 2 is 1.88 bits per heavy atom. The number of nitrogens with zero attached hydrogens (tertiary/aromatic N) is 1. The second kappa shape index (κ2) is 4.60. The Bertz CT molecular complexity index is 556. The van der Waals surface area contributed by atoms with E-state index in [0.717, 1.165) is 11.2 Å². The maximum absolute atomic E-state index is 11.1. The van der Waals surface area contributed by atoms with Crippen molar-refractivity contribution in [3.63, 3.8) is 0 Å². The smallest absolute Gasteiger partial charge is 0.323 e. The summed E-state index contributed by atoms with van der Waals surface area (Å²) in [6, 6.07) is 5.05. The summed E-state index contributed by atoms with van der Waals surface area (Å²) >= 11 is 0. The summed E-state index contributed by atoms with van der Waals surface area (Å²) in [7, 11) is 1.78. The molecule has 0 aliphatic carbocycles. The molecule has 1 aromatic carbocycles. The quantitative estimate of drug-likeness (QED) is 0.584. The van der Waals surface area contributed by atoms with Gasteiger partial charge in [0.15, 0.2) is 0 Å². The van der Waals surface area contributed by atoms with Gasteiger partial charge in [-0.3, -0.25) is 0 Å². The van der Waals surface area contributed by atoms with Crippen LogP contribution in [-0.2, 0) is 0 Å². The Morgan fingerprint density at radius 3 is 2.53 bits per heavy atom. The van der Waals surface area contributed by atoms with Crippen molar-refractivity contribution in [2.45, 2.75) is 6.04 Å². The molecular weight excluding hydrogens is 222 g/mol. The van der Waals surface area contributed by atoms with Gasteiger partial charge in [0.05, 0.1) is 30.3 Å². The molecule has 6 heteroatoms. The van der Waals surface area contributed by atoms with Gasteiger partial charge in [-0.15, -0.1) is 0 Å². The third-order valence-corrected chi connectivity index (χ3v) is 2.88. The third-order valence-electron chi connectivity index (χ3n) is 2.88. The number of benzene rings is 1. The topological polar surface area (TPSA) is 92.4 Å². The van der Waals surface area contributed by atoms with Crippen LogP contribution in [0, 0.1) is 0 Å². The lowest BCUT2D eigenvalue weighted by Crippen LogP contribution is -2.37. The van der Waals surface area contributed by atoms with E-state index in [2.05, 4.69) is 9.97 Å². The number of aromatic nitrogens is 2. The van der Waals surface area contributed by atoms with Gasteiger partial charge in [0.2, 0.25) is 0 Å². The van der Waals surface area contributed by atoms with Gasteiger partial charge in [0, 0.05) is 12.7 Å². The summed E-state index contributed by atoms with van der Waals surface area (Å²) in [6.07, 6.45) is 0. The van der Waals surface area contributed by atoms with Crippen LogP contribution in [0.25, 0.3) is 11.0 Å². The molecule has 2 aromatic rings. The maximum Gasteiger partial charge on any atom is 0.323 e. The summed E-state index contributed by atoms with van der Waals surface area (Å²) in [6.45, 7) is -0.261. The van der Waals surface area contributed by atoms with Crippen LogP contribution in [-0.4, -0.2) is 46.5 Å². The Balaban J connectivity index is 2.38. The number of nitrogens with one attached hydrogen (secondary N) is 2. The molecule has 0 amide bonds. The molecule has 1 heterocycles. The van der Waals surface area contributed by atoms with E-state index in [1.165, 1.54) is 0 Å². The molecule has 0 bridgehead atoms. The number of imidazole rings is 1. The lowest BCUT2D eigenvalue weighted by molar-refractivity contribution is 0.191. The molecule has 92 valence electrons. The van der Waals surface area contributed by atoms with E-state index in [9.17, 15) is 4.79 Å². The first-order chi connectivity index (χ1) is 8.15. The van der Waals surface area contributed by atoms with Gasteiger partial charge in [0.1, 0.15) is 0 Å². The predicted molar refractivity (Wildman–Crippen MR) is 65.3 cm³/mol. The first-order valence-electron chi connectivity index (χ1n) is 5.32. The van der Waals surface area contributed by atoms with Gasteiger partial charge in [-0.1, -0.05) is 0 Å². The maximum atomic E-state index is 11.1. The van der Waals surface area contributed by atoms with Crippen molar-refractivity contribution in [3.8, 4) is 0 Å². The minimum atomic E-state index is -0.349. The summed E-state index contributed by atoms with van der Waals surface area (Å²) in [4.78, 5) is 18.2. The number of likely N-dealkylation sites (N-methyl/N-ethyl adjacent to an activating group) is 1. The molecule has 0 unspecified atom stereocenters. The SMILES string of the molecule is CN(c1ccc2[nH]c(=O)[nH]c2c1)C(CO)CO. The lowest BCUT2D eigenvalue weighted by Gasteiger charge is -2.26. The fourth-order valence-corrected chi connectivity index (χ4v) is 1.75. The van der Waals surface area contributed by atoms with E-state index in [1.807, 2.05) is 6.07 Å². The average Bonchev–Trinajstić information content (AvgIpc) is 2.69. The zero-order valence-corrected chi connectivity index (χ0v) is 9.47. The minimum Gasteiger partial charge on any atom is -0.394 e. The molecule has 0 aliphatic rings. The molecule has 17 heavy (non-hydrogen) atoms. The zero-order valence-electron chi connectivity index (χ0n) is 9.47. The highest BCUT2D eigenvalue weighted by Crippen LogP contribution is 2.19. The molecule has 0 saturated heterocycles. The Hall–Kier alpha value is -1.79. The van der Waals surface area contributed by atoms with E-state index in [4.69, 9.17) is 10.2 Å². The third kappa shape index (κ3) is 2.17. The van der Waals surface area contributed by atoms with E-state index >= 15 is 0 Å². The molecule has 0 spiro atoms. The average molecular weight is 237 g/mol. The molecule has 0 radical (unpaired) electrons. The number of aromatic amines is 2. The number of aliphatic hydroxyl groups is 2. The normalized spacial score (nSPS) is 11.3. The minimum absolute atomic E-state index is 0.130. The first kappa shape index (κ1) is 11.7. The molecule has 0 fully saturated rings. The fourth-order valence-electron chi connectivity index (χ4n) is 1.75. The van der Waals surface area contributed by atoms with Crippen molar-refractivity contribution in [1.29, 1.82) is 0 Å². The van der Waals surface area contributed by atoms with Crippen molar-refractivity contribution in [3.05, 3.63) is 28.7 Å². The van der Waals surface area contributed by atoms with Crippen molar-refractivity contribution >= 4 is 16.7 Å². The van der Waals surface area contributed by atoms with Gasteiger partial charge in [-0.05, 0) is 18.2 Å². The van der Waals surface area contributed by atoms with Crippen LogP contribution in [0.4, 0.5) is 5.69 Å². The molecule has 0 saturated carbocycles. The summed E-state index contributed by atoms with van der Waals surface area (Å²) in [5.74, 6) is 0. The number of fused-ring (bicyclic) bond motifs is 1. The van der Waals surface area contributed by atoms with Crippen LogP contribution in [0.3, 0.4) is 0 Å². The first-order valence-corrected chi connectivity index (χ1v) is 5.32. The highest BCUT2D eigenvalue weighted by Gasteiger charge is 2.13. The van der Waals surface area contributed by atoms with Crippen molar-refractivity contribution in [2.75, 3.05) is 25.2 Å². The van der Waals surface area contributed by atoms with E-state index in [0.29, 0.717) is 5.52 Å². The van der Waals surface area contributed by atoms with Crippen molar-refractivity contribution in [2.24, 2.45) is 0 Å². The fraction of sp³-hybridized carbons (Fsp3) is 0.364. The highest BCUT2D eigenvalue weighted by molar-refractivity contribution is 5.79. The standard InChI is InChI=1S/C11H15N3O3/c1-14(8(5-15)6-16)7-2-3-9-10(4-7)13-11(17)12-9/h2-4,8,15-16H,5-6H2,1H3,(H2,12,13,17). The lowest BCUT2D eigenvalue weighted by atomic mass is 10.2. The summed E-state index contributed by atoms with van der Waals surface area (Å²) in [5.41, 5.74) is 2.01. The van der Waals surface area contributed by atoms with Gasteiger partial charge in [0.25, 0.3) is 0 Å². The van der Waals surface area contributed by atoms with Crippen LogP contribution in [0.15, 0.2) is 23.0 Å². The molecule has 0 aliphatic heterocycles. The van der Waals surface area contributed by atoms with Crippen LogP contribution in [0.2, 0.25) is 0 Å². The predicted octanol–water partition coefficient (Wildman–Crippen LogP) is -0.354. The molecule has 0 atom stereocenters. The number of hydrogen-bond acceptors (Lipinski definition) is 4. The highest BCUT2D eigenvalue weighted by atomic mass is 16.3. The molecule has 4 N–H and O–H groups in total. The van der Waals surface area contributed by atoms with Gasteiger partial charge >= 0.3 is 5.69 Å². The van der Waals surface area contributed by atoms with Crippen LogP contribution < -0.4 is 10.6 Å². The van der Waals surface area contributed by atoms with Crippen molar-refractivity contribution < 1.29 is 10.2 Å². The van der Waals surface area contributed by atoms with Gasteiger partial charge in [-0.2, -0.15) is 0 Å². The zero-order chi connectivity index (χ0) is 12.4. The Morgan fingerprint density at radius 1 is 1.24 bits per heavy atom. The Kier molecular flexibility index (Phi) is 3.16. The second-order valence-corrected chi connectivity index (χ2v) is 3.94. The molecular formula is C11H15N3O3.